The van der Waals surface area contributed by atoms with Gasteiger partial charge in [0.15, 0.2) is 0 Å². The third kappa shape index (κ3) is 29.2. The van der Waals surface area contributed by atoms with Crippen LogP contribution in [-0.2, 0) is 8.26 Å². The van der Waals surface area contributed by atoms with Gasteiger partial charge in [-0.25, -0.2) is 0 Å². The van der Waals surface area contributed by atoms with Crippen molar-refractivity contribution in [1.29, 1.82) is 0 Å². The average Bonchev–Trinajstić information content (AvgIpc) is 2.13. The maximum absolute atomic E-state index is 9.16. The van der Waals surface area contributed by atoms with Crippen molar-refractivity contribution in [2.75, 3.05) is 0 Å². The molecule has 9 heavy (non-hydrogen) atoms. The Kier molecular flexibility index (Phi) is 3.85. The molecule has 2 nitrogen and oxygen atoms in total. The summed E-state index contributed by atoms with van der Waals surface area (Å²) < 4.78 is 18.3. The molecule has 0 aromatic carbocycles. The lowest BCUT2D eigenvalue weighted by Gasteiger charge is -1.61. The minimum atomic E-state index is -3.72. The van der Waals surface area contributed by atoms with Crippen LogP contribution in [0.4, 0.5) is 0 Å². The predicted molar refractivity (Wildman–Crippen MR) is 39.0 cm³/mol. The van der Waals surface area contributed by atoms with Gasteiger partial charge in [0.25, 0.3) is 0 Å². The number of hydrogen-bond donors (Lipinski definition) is 0. The molecule has 0 unspecified atom stereocenters. The first-order chi connectivity index (χ1) is 3.89. The molecule has 1 saturated carbocycles. The zero-order chi connectivity index (χ0) is 7.49. The predicted octanol–water partition coefficient (Wildman–Crippen LogP) is 2.13. The van der Waals surface area contributed by atoms with Gasteiger partial charge in [-0.1, -0.05) is 19.8 Å². The van der Waals surface area contributed by atoms with Crippen molar-refractivity contribution in [1.82, 2.24) is 0 Å². The van der Waals surface area contributed by atoms with Crippen LogP contribution in [0.5, 0.6) is 0 Å². The van der Waals surface area contributed by atoms with Crippen LogP contribution in [0, 0.1) is 5.92 Å². The van der Waals surface area contributed by atoms with Crippen LogP contribution in [0.25, 0.3) is 0 Å². The van der Waals surface area contributed by atoms with Gasteiger partial charge in [-0.05, 0) is 5.92 Å². The molecule has 0 aliphatic heterocycles. The van der Waals surface area contributed by atoms with E-state index in [-0.39, 0.29) is 0 Å². The Morgan fingerprint density at radius 1 is 1.33 bits per heavy atom. The van der Waals surface area contributed by atoms with Crippen LogP contribution in [0.2, 0.25) is 0 Å². The second-order valence-corrected chi connectivity index (χ2v) is 5.73. The molecule has 0 spiro atoms. The monoisotopic (exact) mass is 190 g/mol. The first kappa shape index (κ1) is 9.53. The minimum Gasteiger partial charge on any atom is -0.195 e. The van der Waals surface area contributed by atoms with E-state index in [1.54, 1.807) is 0 Å². The fourth-order valence-electron chi connectivity index (χ4n) is 0.167. The summed E-state index contributed by atoms with van der Waals surface area (Å²) in [5.74, 6) is 1.08. The van der Waals surface area contributed by atoms with E-state index in [1.165, 1.54) is 12.8 Å². The third-order valence-electron chi connectivity index (χ3n) is 0.866. The Morgan fingerprint density at radius 2 is 1.44 bits per heavy atom. The average molecular weight is 191 g/mol. The Labute approximate surface area is 64.1 Å². The van der Waals surface area contributed by atoms with Crippen molar-refractivity contribution in [3.05, 3.63) is 0 Å². The van der Waals surface area contributed by atoms with Gasteiger partial charge in [-0.15, -0.1) is 0 Å². The molecule has 0 radical (unpaired) electrons. The number of halogens is 2. The summed E-state index contributed by atoms with van der Waals surface area (Å²) in [4.78, 5) is 0. The van der Waals surface area contributed by atoms with E-state index in [0.717, 1.165) is 5.92 Å². The summed E-state index contributed by atoms with van der Waals surface area (Å²) in [6, 6.07) is 0. The quantitative estimate of drug-likeness (QED) is 0.549. The van der Waals surface area contributed by atoms with Crippen LogP contribution in [0.3, 0.4) is 0 Å². The van der Waals surface area contributed by atoms with E-state index in [2.05, 4.69) is 28.3 Å². The fourth-order valence-corrected chi connectivity index (χ4v) is 0.167. The molecule has 0 heterocycles. The summed E-state index contributed by atoms with van der Waals surface area (Å²) >= 11 is 0. The molecule has 5 heteroatoms. The zero-order valence-electron chi connectivity index (χ0n) is 4.97. The summed E-state index contributed by atoms with van der Waals surface area (Å²) in [5, 5.41) is 0. The Balaban J connectivity index is 0.000000144. The minimum absolute atomic E-state index is 1.08. The van der Waals surface area contributed by atoms with Crippen molar-refractivity contribution in [3.63, 3.8) is 0 Å². The number of rotatable bonds is 0. The largest absolute Gasteiger partial charge is 0.317 e. The topological polar surface area (TPSA) is 34.1 Å². The molecular weight excluding hydrogens is 183 g/mol. The molecule has 0 atom stereocenters. The zero-order valence-corrected chi connectivity index (χ0v) is 7.30. The molecule has 0 amide bonds. The normalized spacial score (nSPS) is 18.1. The highest BCUT2D eigenvalue weighted by Crippen LogP contribution is 2.26. The van der Waals surface area contributed by atoms with Crippen LogP contribution >= 0.6 is 21.4 Å². The SMILES string of the molecule is CC1CC1.O=S(=O)(Cl)Cl. The van der Waals surface area contributed by atoms with Gasteiger partial charge in [0.05, 0.1) is 0 Å². The number of hydrogen-bond acceptors (Lipinski definition) is 2. The molecule has 1 fully saturated rings. The summed E-state index contributed by atoms with van der Waals surface area (Å²) in [5.41, 5.74) is 0. The smallest absolute Gasteiger partial charge is 0.195 e. The summed E-state index contributed by atoms with van der Waals surface area (Å²) in [6.45, 7) is 2.28. The van der Waals surface area contributed by atoms with Gasteiger partial charge in [0, 0.05) is 21.4 Å². The first-order valence-corrected chi connectivity index (χ1v) is 5.67. The maximum Gasteiger partial charge on any atom is 0.317 e. The van der Waals surface area contributed by atoms with Crippen LogP contribution in [0.1, 0.15) is 19.8 Å². The molecule has 0 aromatic rings. The molecule has 1 aliphatic carbocycles. The second kappa shape index (κ2) is 3.64. The molecule has 56 valence electrons. The third-order valence-corrected chi connectivity index (χ3v) is 0.866. The van der Waals surface area contributed by atoms with E-state index in [0.29, 0.717) is 0 Å². The van der Waals surface area contributed by atoms with Crippen molar-refractivity contribution < 1.29 is 8.42 Å². The molecule has 0 N–H and O–H groups in total. The van der Waals surface area contributed by atoms with Crippen molar-refractivity contribution in [2.45, 2.75) is 19.8 Å². The Morgan fingerprint density at radius 3 is 1.44 bits per heavy atom. The lowest BCUT2D eigenvalue weighted by Crippen LogP contribution is -1.63. The highest BCUT2D eigenvalue weighted by molar-refractivity contribution is 8.31. The van der Waals surface area contributed by atoms with E-state index in [1.807, 2.05) is 0 Å². The van der Waals surface area contributed by atoms with E-state index < -0.39 is 8.26 Å². The molecule has 1 aliphatic rings. The van der Waals surface area contributed by atoms with Gasteiger partial charge in [0.1, 0.15) is 0 Å². The Hall–Kier alpha value is 0.530. The summed E-state index contributed by atoms with van der Waals surface area (Å²) in [7, 11) is 4.81. The molecule has 1 rings (SSSR count). The second-order valence-electron chi connectivity index (χ2n) is 2.06. The van der Waals surface area contributed by atoms with Crippen molar-refractivity contribution in [2.24, 2.45) is 5.92 Å². The van der Waals surface area contributed by atoms with Gasteiger partial charge in [0.2, 0.25) is 0 Å². The van der Waals surface area contributed by atoms with Gasteiger partial charge in [-0.2, -0.15) is 8.42 Å². The highest BCUT2D eigenvalue weighted by atomic mass is 36.0. The van der Waals surface area contributed by atoms with Gasteiger partial charge < -0.3 is 0 Å². The van der Waals surface area contributed by atoms with E-state index >= 15 is 0 Å². The molecule has 0 saturated heterocycles. The fraction of sp³-hybridized carbons (Fsp3) is 1.00. The lowest BCUT2D eigenvalue weighted by atomic mass is 10.5. The van der Waals surface area contributed by atoms with Gasteiger partial charge in [-0.3, -0.25) is 0 Å². The molecule has 0 aromatic heterocycles. The van der Waals surface area contributed by atoms with Crippen LogP contribution in [0.15, 0.2) is 0 Å². The van der Waals surface area contributed by atoms with E-state index in [9.17, 15) is 0 Å². The van der Waals surface area contributed by atoms with Crippen LogP contribution < -0.4 is 0 Å². The van der Waals surface area contributed by atoms with Crippen molar-refractivity contribution in [3.8, 4) is 0 Å². The lowest BCUT2D eigenvalue weighted by molar-refractivity contribution is 0.621. The first-order valence-electron chi connectivity index (χ1n) is 2.54. The maximum atomic E-state index is 9.16. The standard InChI is InChI=1S/C4H8.Cl2O2S/c1-4-2-3-4;1-5(2,3)4/h4H,2-3H2,1H3;. The molecular formula is C4H8Cl2O2S. The van der Waals surface area contributed by atoms with Crippen molar-refractivity contribution >= 4 is 29.6 Å². The van der Waals surface area contributed by atoms with Gasteiger partial charge >= 0.3 is 8.26 Å². The molecule has 0 bridgehead atoms. The Bertz CT molecular complexity index is 151. The van der Waals surface area contributed by atoms with Crippen LogP contribution in [-0.4, -0.2) is 8.42 Å². The summed E-state index contributed by atoms with van der Waals surface area (Å²) in [6.07, 6.45) is 2.97. The van der Waals surface area contributed by atoms with E-state index in [4.69, 9.17) is 8.42 Å². The highest BCUT2D eigenvalue weighted by Gasteiger charge is 2.12.